The molecule has 0 aromatic carbocycles. The number of aliphatic hydroxyl groups is 1. The van der Waals surface area contributed by atoms with Crippen molar-refractivity contribution in [3.05, 3.63) is 72.9 Å². The summed E-state index contributed by atoms with van der Waals surface area (Å²) >= 11 is 1.15. The molecule has 0 aromatic rings. The van der Waals surface area contributed by atoms with Crippen molar-refractivity contribution in [3.63, 3.8) is 0 Å². The van der Waals surface area contributed by atoms with Crippen LogP contribution in [0.5, 0.6) is 0 Å². The number of rotatable bonds is 46. The second kappa shape index (κ2) is 44.8. The second-order valence-corrected chi connectivity index (χ2v) is 19.5. The summed E-state index contributed by atoms with van der Waals surface area (Å²) in [6, 6.07) is -2.87. The number of aliphatic carboxylic acids is 2. The van der Waals surface area contributed by atoms with Crippen molar-refractivity contribution in [2.45, 2.75) is 197 Å². The van der Waals surface area contributed by atoms with E-state index in [9.17, 15) is 33.7 Å². The van der Waals surface area contributed by atoms with Gasteiger partial charge in [0.25, 0.3) is 0 Å². The first-order valence-corrected chi connectivity index (χ1v) is 27.4. The lowest BCUT2D eigenvalue weighted by atomic mass is 10.1. The second-order valence-electron chi connectivity index (χ2n) is 16.8. The summed E-state index contributed by atoms with van der Waals surface area (Å²) in [5.41, 5.74) is 11.5. The zero-order chi connectivity index (χ0) is 50.5. The lowest BCUT2D eigenvalue weighted by Crippen LogP contribution is -2.40. The average molecular weight is 999 g/mol. The SMILES string of the molecule is CCCCC/C=C\C\C=C/C=C/C=C/[C@@H](SC[C@H](N)C(=O)O[C@H](COC(=O)CCCCCCCCCCC/C=C\C/C=C\CCCCC)COP(=O)(O)OC[C@H](N)C(=O)O)[C@@H](O)CCCC(=O)O. The molecule has 0 spiro atoms. The minimum absolute atomic E-state index is 0.0464. The minimum atomic E-state index is -4.89. The molecule has 6 atom stereocenters. The van der Waals surface area contributed by atoms with Gasteiger partial charge in [-0.15, -0.1) is 11.8 Å². The van der Waals surface area contributed by atoms with Crippen molar-refractivity contribution in [2.75, 3.05) is 25.6 Å². The maximum absolute atomic E-state index is 13.2. The Labute approximate surface area is 411 Å². The van der Waals surface area contributed by atoms with Crippen LogP contribution < -0.4 is 11.5 Å². The number of nitrogens with two attached hydrogens (primary N) is 2. The molecule has 15 nitrogen and oxygen atoms in total. The van der Waals surface area contributed by atoms with E-state index in [4.69, 9.17) is 35.7 Å². The molecular weight excluding hydrogens is 912 g/mol. The summed E-state index contributed by atoms with van der Waals surface area (Å²) in [6.07, 6.45) is 44.4. The van der Waals surface area contributed by atoms with E-state index in [0.717, 1.165) is 63.1 Å². The van der Waals surface area contributed by atoms with Crippen molar-refractivity contribution in [2.24, 2.45) is 11.5 Å². The molecule has 0 heterocycles. The van der Waals surface area contributed by atoms with Crippen LogP contribution in [0.3, 0.4) is 0 Å². The van der Waals surface area contributed by atoms with E-state index in [0.29, 0.717) is 6.42 Å². The highest BCUT2D eigenvalue weighted by molar-refractivity contribution is 8.00. The van der Waals surface area contributed by atoms with Gasteiger partial charge >= 0.3 is 31.7 Å². The van der Waals surface area contributed by atoms with Gasteiger partial charge in [0.2, 0.25) is 0 Å². The molecule has 0 aliphatic carbocycles. The van der Waals surface area contributed by atoms with Gasteiger partial charge in [-0.2, -0.15) is 0 Å². The molecule has 0 aliphatic rings. The molecular formula is C51H87N2O13PS. The fraction of sp³-hybridized carbons (Fsp3) is 0.686. The molecule has 0 rings (SSSR count). The molecule has 17 heteroatoms. The Morgan fingerprint density at radius 1 is 0.618 bits per heavy atom. The number of aliphatic hydroxyl groups excluding tert-OH is 1. The number of carboxylic acid groups (broad SMARTS) is 2. The first-order chi connectivity index (χ1) is 32.7. The van der Waals surface area contributed by atoms with Crippen molar-refractivity contribution < 1.29 is 62.5 Å². The number of ether oxygens (including phenoxy) is 2. The van der Waals surface area contributed by atoms with Crippen LogP contribution in [-0.4, -0.2) is 99.2 Å². The molecule has 0 aromatic heterocycles. The molecule has 0 radical (unpaired) electrons. The number of hydrogen-bond acceptors (Lipinski definition) is 13. The van der Waals surface area contributed by atoms with Crippen LogP contribution in [0.2, 0.25) is 0 Å². The molecule has 0 saturated heterocycles. The van der Waals surface area contributed by atoms with E-state index in [2.05, 4.69) is 54.8 Å². The van der Waals surface area contributed by atoms with Crippen LogP contribution in [0.25, 0.3) is 0 Å². The van der Waals surface area contributed by atoms with Crippen LogP contribution >= 0.6 is 19.6 Å². The van der Waals surface area contributed by atoms with E-state index in [1.165, 1.54) is 70.6 Å². The number of phosphoric ester groups is 1. The number of carbonyl (C=O) groups excluding carboxylic acids is 2. The average Bonchev–Trinajstić information content (AvgIpc) is 3.30. The van der Waals surface area contributed by atoms with Gasteiger partial charge in [-0.3, -0.25) is 28.2 Å². The van der Waals surface area contributed by atoms with Crippen LogP contribution in [0.4, 0.5) is 0 Å². The van der Waals surface area contributed by atoms with Crippen molar-refractivity contribution in [1.82, 2.24) is 0 Å². The predicted octanol–water partition coefficient (Wildman–Crippen LogP) is 10.6. The highest BCUT2D eigenvalue weighted by atomic mass is 32.2. The number of unbranched alkanes of at least 4 members (excludes halogenated alkanes) is 15. The highest BCUT2D eigenvalue weighted by Crippen LogP contribution is 2.43. The minimum Gasteiger partial charge on any atom is -0.481 e. The lowest BCUT2D eigenvalue weighted by molar-refractivity contribution is -0.161. The Hall–Kier alpha value is -3.34. The van der Waals surface area contributed by atoms with E-state index >= 15 is 0 Å². The Balaban J connectivity index is 5.14. The molecule has 0 bridgehead atoms. The van der Waals surface area contributed by atoms with E-state index in [1.807, 2.05) is 18.2 Å². The first-order valence-electron chi connectivity index (χ1n) is 24.9. The molecule has 0 saturated carbocycles. The Morgan fingerprint density at radius 3 is 1.72 bits per heavy atom. The molecule has 8 N–H and O–H groups in total. The van der Waals surface area contributed by atoms with Gasteiger partial charge in [0, 0.05) is 23.8 Å². The largest absolute Gasteiger partial charge is 0.481 e. The predicted molar refractivity (Wildman–Crippen MR) is 273 cm³/mol. The number of allylic oxidation sites excluding steroid dienone is 11. The summed E-state index contributed by atoms with van der Waals surface area (Å²) in [4.78, 5) is 58.1. The number of esters is 2. The highest BCUT2D eigenvalue weighted by Gasteiger charge is 2.30. The third-order valence-electron chi connectivity index (χ3n) is 10.4. The molecule has 0 aliphatic heterocycles. The van der Waals surface area contributed by atoms with Gasteiger partial charge in [0.1, 0.15) is 18.7 Å². The molecule has 0 fully saturated rings. The van der Waals surface area contributed by atoms with Crippen LogP contribution in [0, 0.1) is 0 Å². The van der Waals surface area contributed by atoms with Crippen molar-refractivity contribution in [3.8, 4) is 0 Å². The zero-order valence-electron chi connectivity index (χ0n) is 41.1. The normalized spacial score (nSPS) is 15.4. The summed E-state index contributed by atoms with van der Waals surface area (Å²) < 4.78 is 32.9. The summed E-state index contributed by atoms with van der Waals surface area (Å²) in [7, 11) is -4.89. The van der Waals surface area contributed by atoms with E-state index < -0.39 is 81.1 Å². The Kier molecular flexibility index (Phi) is 42.6. The van der Waals surface area contributed by atoms with Crippen molar-refractivity contribution in [1.29, 1.82) is 0 Å². The smallest absolute Gasteiger partial charge is 0.472 e. The van der Waals surface area contributed by atoms with Gasteiger partial charge in [-0.1, -0.05) is 157 Å². The quantitative estimate of drug-likeness (QED) is 0.0109. The van der Waals surface area contributed by atoms with Gasteiger partial charge in [-0.05, 0) is 70.6 Å². The van der Waals surface area contributed by atoms with Crippen LogP contribution in [0.1, 0.15) is 168 Å². The fourth-order valence-electron chi connectivity index (χ4n) is 6.34. The topological polar surface area (TPSA) is 255 Å². The Bertz CT molecular complexity index is 1550. The monoisotopic (exact) mass is 999 g/mol. The van der Waals surface area contributed by atoms with Crippen LogP contribution in [-0.2, 0) is 42.3 Å². The summed E-state index contributed by atoms with van der Waals surface area (Å²) in [5.74, 6) is -4.02. The van der Waals surface area contributed by atoms with E-state index in [1.54, 1.807) is 18.2 Å². The van der Waals surface area contributed by atoms with Crippen molar-refractivity contribution >= 4 is 43.5 Å². The van der Waals surface area contributed by atoms with Gasteiger partial charge in [0.05, 0.1) is 19.3 Å². The molecule has 0 amide bonds. The lowest BCUT2D eigenvalue weighted by Gasteiger charge is -2.23. The standard InChI is InChI=1S/C51H87N2O13PS/c1-3-5-7-9-11-13-15-17-18-19-20-21-22-23-25-27-29-31-33-38-49(57)63-39-43(40-64-67(61,62)65-41-44(52)50(58)59)66-51(60)45(53)42-68-47(46(54)35-34-37-48(55)56)36-32-30-28-26-24-16-14-12-10-8-6-4-2/h11-14,17-18,24,26,28,30,32,36,43-47,54H,3-10,15-16,19-23,25,27,29,31,33-35,37-42,52-53H2,1-2H3,(H,55,56)(H,58,59)(H,61,62)/b13-11-,14-12-,18-17-,26-24-,30-28+,36-32+/t43-,44+,45+,46+,47-/m1/s1. The maximum atomic E-state index is 13.2. The Morgan fingerprint density at radius 2 is 1.15 bits per heavy atom. The number of phosphoric acid groups is 1. The fourth-order valence-corrected chi connectivity index (χ4v) is 8.25. The molecule has 68 heavy (non-hydrogen) atoms. The maximum Gasteiger partial charge on any atom is 0.472 e. The number of carboxylic acids is 2. The third kappa shape index (κ3) is 41.6. The number of thioether (sulfide) groups is 1. The van der Waals surface area contributed by atoms with Gasteiger partial charge in [0.15, 0.2) is 6.10 Å². The van der Waals surface area contributed by atoms with Gasteiger partial charge < -0.3 is 41.2 Å². The van der Waals surface area contributed by atoms with Gasteiger partial charge in [-0.25, -0.2) is 4.57 Å². The number of hydrogen-bond donors (Lipinski definition) is 6. The zero-order valence-corrected chi connectivity index (χ0v) is 42.8. The third-order valence-corrected chi connectivity index (χ3v) is 12.8. The summed E-state index contributed by atoms with van der Waals surface area (Å²) in [6.45, 7) is 2.24. The van der Waals surface area contributed by atoms with E-state index in [-0.39, 0.29) is 31.4 Å². The van der Waals surface area contributed by atoms with Crippen LogP contribution in [0.15, 0.2) is 72.9 Å². The summed E-state index contributed by atoms with van der Waals surface area (Å²) in [5, 5.41) is 28.4. The first kappa shape index (κ1) is 64.7. The molecule has 390 valence electrons. The molecule has 1 unspecified atom stereocenters. The number of carbonyl (C=O) groups is 4.